The van der Waals surface area contributed by atoms with Gasteiger partial charge in [-0.05, 0) is 55.3 Å². The molecule has 5 heteroatoms. The van der Waals surface area contributed by atoms with Crippen LogP contribution in [0, 0.1) is 0 Å². The Balaban J connectivity index is 2.22. The van der Waals surface area contributed by atoms with Gasteiger partial charge in [-0.15, -0.1) is 0 Å². The molecule has 0 N–H and O–H groups in total. The van der Waals surface area contributed by atoms with Crippen LogP contribution < -0.4 is 9.64 Å². The van der Waals surface area contributed by atoms with Crippen molar-refractivity contribution in [3.8, 4) is 5.75 Å². The van der Waals surface area contributed by atoms with Gasteiger partial charge in [0.25, 0.3) is 0 Å². The van der Waals surface area contributed by atoms with Gasteiger partial charge in [0, 0.05) is 18.3 Å². The van der Waals surface area contributed by atoms with Gasteiger partial charge in [0.15, 0.2) is 0 Å². The van der Waals surface area contributed by atoms with E-state index in [2.05, 4.69) is 18.7 Å². The van der Waals surface area contributed by atoms with E-state index in [1.165, 1.54) is 0 Å². The Kier molecular flexibility index (Phi) is 5.75. The summed E-state index contributed by atoms with van der Waals surface area (Å²) in [5, 5.41) is 0. The van der Waals surface area contributed by atoms with Gasteiger partial charge in [0.2, 0.25) is 0 Å². The van der Waals surface area contributed by atoms with Crippen molar-refractivity contribution in [1.29, 1.82) is 0 Å². The molecule has 0 aromatic heterocycles. The molecule has 0 fully saturated rings. The summed E-state index contributed by atoms with van der Waals surface area (Å²) < 4.78 is 43.2. The van der Waals surface area contributed by atoms with Crippen LogP contribution in [-0.2, 0) is 12.7 Å². The minimum Gasteiger partial charge on any atom is -0.497 e. The van der Waals surface area contributed by atoms with Crippen LogP contribution >= 0.6 is 0 Å². The highest BCUT2D eigenvalue weighted by molar-refractivity contribution is 5.50. The Labute approximate surface area is 140 Å². The predicted octanol–water partition coefficient (Wildman–Crippen LogP) is 5.52. The fourth-order valence-corrected chi connectivity index (χ4v) is 2.49. The zero-order chi connectivity index (χ0) is 17.7. The number of methoxy groups -OCH3 is 1. The van der Waals surface area contributed by atoms with Crippen LogP contribution in [0.1, 0.15) is 31.4 Å². The number of alkyl halides is 3. The molecule has 24 heavy (non-hydrogen) atoms. The first kappa shape index (κ1) is 18.2. The van der Waals surface area contributed by atoms with Crippen molar-refractivity contribution in [2.24, 2.45) is 0 Å². The minimum atomic E-state index is -4.30. The van der Waals surface area contributed by atoms with E-state index in [0.29, 0.717) is 6.54 Å². The van der Waals surface area contributed by atoms with Crippen LogP contribution in [-0.4, -0.2) is 13.2 Å². The lowest BCUT2D eigenvalue weighted by Gasteiger charge is -2.31. The van der Waals surface area contributed by atoms with E-state index in [1.807, 2.05) is 24.3 Å². The zero-order valence-electron chi connectivity index (χ0n) is 14.1. The van der Waals surface area contributed by atoms with Gasteiger partial charge in [0.05, 0.1) is 12.7 Å². The Hall–Kier alpha value is -2.17. The van der Waals surface area contributed by atoms with Crippen molar-refractivity contribution in [2.75, 3.05) is 12.0 Å². The fraction of sp³-hybridized carbons (Fsp3) is 0.368. The van der Waals surface area contributed by atoms with Crippen LogP contribution in [0.2, 0.25) is 0 Å². The average Bonchev–Trinajstić information content (AvgIpc) is 2.59. The van der Waals surface area contributed by atoms with E-state index in [9.17, 15) is 13.2 Å². The molecule has 0 radical (unpaired) electrons. The molecular formula is C19H22F3NO. The van der Waals surface area contributed by atoms with Crippen molar-refractivity contribution in [2.45, 2.75) is 39.0 Å². The van der Waals surface area contributed by atoms with Crippen molar-refractivity contribution < 1.29 is 17.9 Å². The lowest BCUT2D eigenvalue weighted by atomic mass is 10.1. The molecule has 0 aliphatic heterocycles. The number of halogens is 3. The molecular weight excluding hydrogens is 315 g/mol. The van der Waals surface area contributed by atoms with E-state index < -0.39 is 11.7 Å². The number of ether oxygens (including phenoxy) is 1. The Bertz CT molecular complexity index is 635. The zero-order valence-corrected chi connectivity index (χ0v) is 14.1. The molecule has 0 saturated carbocycles. The molecule has 130 valence electrons. The van der Waals surface area contributed by atoms with Gasteiger partial charge in [-0.25, -0.2) is 0 Å². The molecule has 0 saturated heterocycles. The number of rotatable bonds is 6. The number of hydrogen-bond acceptors (Lipinski definition) is 2. The molecule has 2 nitrogen and oxygen atoms in total. The van der Waals surface area contributed by atoms with Crippen LogP contribution in [0.5, 0.6) is 5.75 Å². The smallest absolute Gasteiger partial charge is 0.416 e. The minimum absolute atomic E-state index is 0.265. The lowest BCUT2D eigenvalue weighted by Crippen LogP contribution is -2.32. The summed E-state index contributed by atoms with van der Waals surface area (Å²) in [7, 11) is 1.61. The van der Waals surface area contributed by atoms with Gasteiger partial charge < -0.3 is 9.64 Å². The summed E-state index contributed by atoms with van der Waals surface area (Å²) in [5.41, 5.74) is 1.25. The van der Waals surface area contributed by atoms with E-state index in [1.54, 1.807) is 19.2 Å². The summed E-state index contributed by atoms with van der Waals surface area (Å²) in [5.74, 6) is 0.775. The van der Waals surface area contributed by atoms with Crippen LogP contribution in [0.3, 0.4) is 0 Å². The maximum absolute atomic E-state index is 12.7. The highest BCUT2D eigenvalue weighted by Crippen LogP contribution is 2.30. The van der Waals surface area contributed by atoms with Gasteiger partial charge in [0.1, 0.15) is 5.75 Å². The number of anilines is 1. The number of nitrogens with zero attached hydrogens (tertiary/aromatic N) is 1. The SMILES string of the molecule is CCC(C)N(Cc1ccc(C(F)(F)F)cc1)c1ccc(OC)cc1. The van der Waals surface area contributed by atoms with Crippen LogP contribution in [0.15, 0.2) is 48.5 Å². The second-order valence-electron chi connectivity index (χ2n) is 5.78. The summed E-state index contributed by atoms with van der Waals surface area (Å²) in [6, 6.07) is 13.3. The highest BCUT2D eigenvalue weighted by Gasteiger charge is 2.30. The van der Waals surface area contributed by atoms with Crippen LogP contribution in [0.4, 0.5) is 18.9 Å². The molecule has 0 aliphatic carbocycles. The molecule has 0 amide bonds. The Morgan fingerprint density at radius 2 is 1.58 bits per heavy atom. The first-order chi connectivity index (χ1) is 11.3. The second kappa shape index (κ2) is 7.60. The second-order valence-corrected chi connectivity index (χ2v) is 5.78. The summed E-state index contributed by atoms with van der Waals surface area (Å²) in [6.07, 6.45) is -3.36. The molecule has 0 spiro atoms. The maximum Gasteiger partial charge on any atom is 0.416 e. The molecule has 2 aromatic carbocycles. The normalized spacial score (nSPS) is 12.8. The van der Waals surface area contributed by atoms with Gasteiger partial charge in [-0.2, -0.15) is 13.2 Å². The predicted molar refractivity (Wildman–Crippen MR) is 90.4 cm³/mol. The molecule has 2 aromatic rings. The standard InChI is InChI=1S/C19H22F3NO/c1-4-14(2)23(17-9-11-18(24-3)12-10-17)13-15-5-7-16(8-6-15)19(20,21)22/h5-12,14H,4,13H2,1-3H3. The maximum atomic E-state index is 12.7. The Morgan fingerprint density at radius 3 is 2.04 bits per heavy atom. The number of hydrogen-bond donors (Lipinski definition) is 0. The van der Waals surface area contributed by atoms with Crippen molar-refractivity contribution in [1.82, 2.24) is 0 Å². The van der Waals surface area contributed by atoms with E-state index in [4.69, 9.17) is 4.74 Å². The fourth-order valence-electron chi connectivity index (χ4n) is 2.49. The molecule has 2 rings (SSSR count). The summed E-state index contributed by atoms with van der Waals surface area (Å²) in [4.78, 5) is 2.18. The molecule has 1 unspecified atom stereocenters. The average molecular weight is 337 g/mol. The largest absolute Gasteiger partial charge is 0.497 e. The van der Waals surface area contributed by atoms with E-state index in [0.717, 1.165) is 35.6 Å². The number of benzene rings is 2. The topological polar surface area (TPSA) is 12.5 Å². The van der Waals surface area contributed by atoms with Gasteiger partial charge >= 0.3 is 6.18 Å². The molecule has 0 heterocycles. The third-order valence-corrected chi connectivity index (χ3v) is 4.16. The first-order valence-corrected chi connectivity index (χ1v) is 7.92. The molecule has 1 atom stereocenters. The van der Waals surface area contributed by atoms with Crippen molar-refractivity contribution in [3.63, 3.8) is 0 Å². The third kappa shape index (κ3) is 4.43. The lowest BCUT2D eigenvalue weighted by molar-refractivity contribution is -0.137. The van der Waals surface area contributed by atoms with Crippen molar-refractivity contribution in [3.05, 3.63) is 59.7 Å². The van der Waals surface area contributed by atoms with Gasteiger partial charge in [-0.1, -0.05) is 19.1 Å². The quantitative estimate of drug-likeness (QED) is 0.688. The molecule has 0 aliphatic rings. The van der Waals surface area contributed by atoms with Crippen LogP contribution in [0.25, 0.3) is 0 Å². The third-order valence-electron chi connectivity index (χ3n) is 4.16. The van der Waals surface area contributed by atoms with Gasteiger partial charge in [-0.3, -0.25) is 0 Å². The van der Waals surface area contributed by atoms with Crippen molar-refractivity contribution >= 4 is 5.69 Å². The van der Waals surface area contributed by atoms with E-state index in [-0.39, 0.29) is 6.04 Å². The van der Waals surface area contributed by atoms with E-state index >= 15 is 0 Å². The summed E-state index contributed by atoms with van der Waals surface area (Å²) in [6.45, 7) is 4.75. The summed E-state index contributed by atoms with van der Waals surface area (Å²) >= 11 is 0. The highest BCUT2D eigenvalue weighted by atomic mass is 19.4. The first-order valence-electron chi connectivity index (χ1n) is 7.92. The molecule has 0 bridgehead atoms. The monoisotopic (exact) mass is 337 g/mol. The Morgan fingerprint density at radius 1 is 1.00 bits per heavy atom.